The summed E-state index contributed by atoms with van der Waals surface area (Å²) in [6.45, 7) is 4.65. The van der Waals surface area contributed by atoms with Crippen LogP contribution in [0.15, 0.2) is 10.6 Å². The molecule has 0 N–H and O–H groups in total. The minimum absolute atomic E-state index is 0.187. The molecule has 0 saturated heterocycles. The summed E-state index contributed by atoms with van der Waals surface area (Å²) in [7, 11) is 0. The molecule has 0 saturated carbocycles. The fourth-order valence-electron chi connectivity index (χ4n) is 0.679. The second kappa shape index (κ2) is 6.55. The van der Waals surface area contributed by atoms with Gasteiger partial charge in [-0.25, -0.2) is 0 Å². The summed E-state index contributed by atoms with van der Waals surface area (Å²) in [5.74, 6) is 0. The largest absolute Gasteiger partial charge is 0.378 e. The van der Waals surface area contributed by atoms with E-state index in [0.717, 1.165) is 12.7 Å². The molecule has 0 heterocycles. The van der Waals surface area contributed by atoms with E-state index in [9.17, 15) is 4.79 Å². The highest BCUT2D eigenvalue weighted by atomic mass is 79.9. The Bertz CT molecular complexity index is 143. The van der Waals surface area contributed by atoms with Crippen LogP contribution in [0.3, 0.4) is 0 Å². The van der Waals surface area contributed by atoms with Crippen molar-refractivity contribution in [1.82, 2.24) is 0 Å². The average Bonchev–Trinajstić information content (AvgIpc) is 2.01. The van der Waals surface area contributed by atoms with Gasteiger partial charge in [0.05, 0.1) is 10.6 Å². The third kappa shape index (κ3) is 6.26. The molecule has 0 aromatic carbocycles. The van der Waals surface area contributed by atoms with Crippen molar-refractivity contribution in [3.63, 3.8) is 0 Å². The van der Waals surface area contributed by atoms with E-state index in [1.807, 2.05) is 19.9 Å². The summed E-state index contributed by atoms with van der Waals surface area (Å²) in [5, 5.41) is 0. The number of hydrogen-bond donors (Lipinski definition) is 0. The topological polar surface area (TPSA) is 26.3 Å². The summed E-state index contributed by atoms with van der Waals surface area (Å²) in [6, 6.07) is 0. The first-order chi connectivity index (χ1) is 5.20. The molecule has 2 nitrogen and oxygen atoms in total. The number of aldehydes is 1. The van der Waals surface area contributed by atoms with Crippen molar-refractivity contribution in [2.24, 2.45) is 0 Å². The highest BCUT2D eigenvalue weighted by Gasteiger charge is 1.97. The maximum Gasteiger partial charge on any atom is 0.156 e. The first kappa shape index (κ1) is 10.8. The number of rotatable bonds is 5. The first-order valence-electron chi connectivity index (χ1n) is 3.63. The van der Waals surface area contributed by atoms with Gasteiger partial charge in [-0.05, 0) is 36.2 Å². The van der Waals surface area contributed by atoms with Gasteiger partial charge in [0.1, 0.15) is 0 Å². The quantitative estimate of drug-likeness (QED) is 0.525. The Morgan fingerprint density at radius 3 is 2.82 bits per heavy atom. The summed E-state index contributed by atoms with van der Waals surface area (Å²) >= 11 is 3.09. The predicted molar refractivity (Wildman–Crippen MR) is 48.8 cm³/mol. The van der Waals surface area contributed by atoms with Crippen LogP contribution in [0, 0.1) is 0 Å². The van der Waals surface area contributed by atoms with E-state index in [0.29, 0.717) is 11.1 Å². The standard InChI is InChI=1S/C8H13BrO2/c1-3-11-7(2)4-5-8(9)6-10/h5-7H,3-4H2,1-2H3. The van der Waals surface area contributed by atoms with E-state index in [2.05, 4.69) is 15.9 Å². The van der Waals surface area contributed by atoms with Gasteiger partial charge < -0.3 is 4.74 Å². The van der Waals surface area contributed by atoms with Gasteiger partial charge in [0, 0.05) is 6.61 Å². The predicted octanol–water partition coefficient (Wildman–Crippen LogP) is 2.28. The molecule has 0 aliphatic heterocycles. The number of carbonyl (C=O) groups excluding carboxylic acids is 1. The van der Waals surface area contributed by atoms with Gasteiger partial charge in [-0.1, -0.05) is 6.08 Å². The molecule has 0 spiro atoms. The zero-order valence-electron chi connectivity index (χ0n) is 6.84. The lowest BCUT2D eigenvalue weighted by molar-refractivity contribution is -0.104. The van der Waals surface area contributed by atoms with E-state index < -0.39 is 0 Å². The highest BCUT2D eigenvalue weighted by molar-refractivity contribution is 9.12. The number of halogens is 1. The Morgan fingerprint density at radius 1 is 1.73 bits per heavy atom. The third-order valence-corrected chi connectivity index (χ3v) is 1.72. The Labute approximate surface area is 75.7 Å². The zero-order chi connectivity index (χ0) is 8.69. The van der Waals surface area contributed by atoms with Crippen LogP contribution in [-0.4, -0.2) is 19.0 Å². The van der Waals surface area contributed by atoms with E-state index in [4.69, 9.17) is 4.74 Å². The summed E-state index contributed by atoms with van der Waals surface area (Å²) in [6.07, 6.45) is 3.55. The highest BCUT2D eigenvalue weighted by Crippen LogP contribution is 2.05. The molecule has 1 atom stereocenters. The number of allylic oxidation sites excluding steroid dienone is 1. The van der Waals surface area contributed by atoms with Crippen molar-refractivity contribution in [1.29, 1.82) is 0 Å². The van der Waals surface area contributed by atoms with Gasteiger partial charge in [-0.2, -0.15) is 0 Å². The first-order valence-corrected chi connectivity index (χ1v) is 4.42. The van der Waals surface area contributed by atoms with Crippen LogP contribution in [0.5, 0.6) is 0 Å². The molecule has 0 radical (unpaired) electrons. The van der Waals surface area contributed by atoms with Crippen LogP contribution < -0.4 is 0 Å². The maximum absolute atomic E-state index is 10.1. The minimum Gasteiger partial charge on any atom is -0.378 e. The molecule has 1 unspecified atom stereocenters. The Balaban J connectivity index is 3.59. The summed E-state index contributed by atoms with van der Waals surface area (Å²) < 4.78 is 5.84. The second-order valence-corrected chi connectivity index (χ2v) is 3.12. The van der Waals surface area contributed by atoms with Crippen LogP contribution in [0.1, 0.15) is 20.3 Å². The molecular weight excluding hydrogens is 208 g/mol. The third-order valence-electron chi connectivity index (χ3n) is 1.21. The molecule has 0 aliphatic carbocycles. The van der Waals surface area contributed by atoms with E-state index >= 15 is 0 Å². The van der Waals surface area contributed by atoms with Crippen LogP contribution in [0.25, 0.3) is 0 Å². The van der Waals surface area contributed by atoms with Gasteiger partial charge in [-0.3, -0.25) is 4.79 Å². The van der Waals surface area contributed by atoms with Gasteiger partial charge in [0.2, 0.25) is 0 Å². The van der Waals surface area contributed by atoms with Crippen molar-refractivity contribution in [2.45, 2.75) is 26.4 Å². The van der Waals surface area contributed by atoms with E-state index in [1.54, 1.807) is 0 Å². The van der Waals surface area contributed by atoms with Crippen LogP contribution in [0.2, 0.25) is 0 Å². The van der Waals surface area contributed by atoms with Crippen LogP contribution >= 0.6 is 15.9 Å². The SMILES string of the molecule is CCOC(C)CC=C(Br)C=O. The van der Waals surface area contributed by atoms with Crippen molar-refractivity contribution in [2.75, 3.05) is 6.61 Å². The smallest absolute Gasteiger partial charge is 0.156 e. The summed E-state index contributed by atoms with van der Waals surface area (Å²) in [4.78, 5) is 10.1. The lowest BCUT2D eigenvalue weighted by atomic mass is 10.2. The molecule has 0 aliphatic rings. The van der Waals surface area contributed by atoms with Gasteiger partial charge in [0.25, 0.3) is 0 Å². The van der Waals surface area contributed by atoms with Crippen LogP contribution in [0.4, 0.5) is 0 Å². The molecule has 0 fully saturated rings. The normalized spacial score (nSPS) is 14.6. The molecule has 11 heavy (non-hydrogen) atoms. The van der Waals surface area contributed by atoms with Crippen molar-refractivity contribution >= 4 is 22.2 Å². The van der Waals surface area contributed by atoms with Crippen molar-refractivity contribution < 1.29 is 9.53 Å². The molecule has 0 aromatic rings. The fraction of sp³-hybridized carbons (Fsp3) is 0.625. The fourth-order valence-corrected chi connectivity index (χ4v) is 0.866. The van der Waals surface area contributed by atoms with Gasteiger partial charge >= 0.3 is 0 Å². The number of hydrogen-bond acceptors (Lipinski definition) is 2. The van der Waals surface area contributed by atoms with E-state index in [-0.39, 0.29) is 6.10 Å². The molecule has 64 valence electrons. The van der Waals surface area contributed by atoms with Crippen LogP contribution in [-0.2, 0) is 9.53 Å². The molecule has 0 bridgehead atoms. The summed E-state index contributed by atoms with van der Waals surface area (Å²) in [5.41, 5.74) is 0. The van der Waals surface area contributed by atoms with Crippen molar-refractivity contribution in [3.05, 3.63) is 10.6 Å². The van der Waals surface area contributed by atoms with Gasteiger partial charge in [0.15, 0.2) is 6.29 Å². The molecule has 0 rings (SSSR count). The lowest BCUT2D eigenvalue weighted by Gasteiger charge is -2.07. The number of ether oxygens (including phenoxy) is 1. The average molecular weight is 221 g/mol. The van der Waals surface area contributed by atoms with Crippen molar-refractivity contribution in [3.8, 4) is 0 Å². The molecular formula is C8H13BrO2. The van der Waals surface area contributed by atoms with E-state index in [1.165, 1.54) is 0 Å². The minimum atomic E-state index is 0.187. The van der Waals surface area contributed by atoms with Gasteiger partial charge in [-0.15, -0.1) is 0 Å². The number of carbonyl (C=O) groups is 1. The second-order valence-electron chi connectivity index (χ2n) is 2.21. The lowest BCUT2D eigenvalue weighted by Crippen LogP contribution is -2.05. The molecule has 0 amide bonds. The monoisotopic (exact) mass is 220 g/mol. The maximum atomic E-state index is 10.1. The molecule has 3 heteroatoms. The Kier molecular flexibility index (Phi) is 6.46. The molecule has 0 aromatic heterocycles. The Morgan fingerprint density at radius 2 is 2.36 bits per heavy atom. The Hall–Kier alpha value is -0.150. The zero-order valence-corrected chi connectivity index (χ0v) is 8.43.